The van der Waals surface area contributed by atoms with Gasteiger partial charge in [0.1, 0.15) is 0 Å². The lowest BCUT2D eigenvalue weighted by molar-refractivity contribution is 0.780. The second-order valence-corrected chi connectivity index (χ2v) is 1.64. The Hall–Kier alpha value is -0.580. The van der Waals surface area contributed by atoms with Gasteiger partial charge in [-0.15, -0.1) is 0 Å². The van der Waals surface area contributed by atoms with Crippen molar-refractivity contribution in [1.29, 1.82) is 0 Å². The Kier molecular flexibility index (Phi) is 1.26. The van der Waals surface area contributed by atoms with E-state index in [1.165, 1.54) is 11.8 Å². The first-order valence-corrected chi connectivity index (χ1v) is 2.88. The van der Waals surface area contributed by atoms with Crippen LogP contribution in [0.15, 0.2) is 15.4 Å². The van der Waals surface area contributed by atoms with E-state index in [4.69, 9.17) is 0 Å². The second kappa shape index (κ2) is 1.92. The molecule has 1 aliphatic rings. The van der Waals surface area contributed by atoms with Crippen LogP contribution in [-0.4, -0.2) is 11.4 Å². The van der Waals surface area contributed by atoms with Crippen molar-refractivity contribution in [3.63, 3.8) is 0 Å². The number of rotatable bonds is 0. The molecular formula is C2H3N4S. The van der Waals surface area contributed by atoms with Gasteiger partial charge in [0.2, 0.25) is 5.17 Å². The third kappa shape index (κ3) is 0.894. The maximum atomic E-state index is 3.53. The van der Waals surface area contributed by atoms with E-state index in [9.17, 15) is 0 Å². The fourth-order valence-corrected chi connectivity index (χ4v) is 0.454. The first-order valence-electron chi connectivity index (χ1n) is 1.66. The first kappa shape index (κ1) is 4.58. The molecule has 7 heavy (non-hydrogen) atoms. The molecule has 0 amide bonds. The number of thioether (sulfide) groups is 1. The number of nitrogens with zero attached hydrogens (tertiary/aromatic N) is 4. The highest BCUT2D eigenvalue weighted by molar-refractivity contribution is 8.13. The van der Waals surface area contributed by atoms with Crippen LogP contribution in [-0.2, 0) is 0 Å². The van der Waals surface area contributed by atoms with Crippen molar-refractivity contribution < 1.29 is 0 Å². The van der Waals surface area contributed by atoms with Crippen molar-refractivity contribution in [2.24, 2.45) is 15.4 Å². The van der Waals surface area contributed by atoms with Crippen LogP contribution < -0.4 is 5.53 Å². The SMILES string of the molecule is CSC1=N[N]N=N1. The summed E-state index contributed by atoms with van der Waals surface area (Å²) in [5, 5.41) is 10.9. The Balaban J connectivity index is 2.52. The van der Waals surface area contributed by atoms with Crippen LogP contribution in [0.3, 0.4) is 0 Å². The molecule has 1 rings (SSSR count). The Morgan fingerprint density at radius 1 is 1.57 bits per heavy atom. The maximum absolute atomic E-state index is 3.53. The minimum absolute atomic E-state index is 0.625. The zero-order valence-electron chi connectivity index (χ0n) is 3.70. The summed E-state index contributed by atoms with van der Waals surface area (Å²) in [5.74, 6) is 0. The largest absolute Gasteiger partial charge is 0.233 e. The third-order valence-corrected chi connectivity index (χ3v) is 1.01. The van der Waals surface area contributed by atoms with E-state index in [0.29, 0.717) is 5.17 Å². The average molecular weight is 115 g/mol. The molecule has 0 aliphatic carbocycles. The van der Waals surface area contributed by atoms with Gasteiger partial charge in [-0.1, -0.05) is 22.0 Å². The van der Waals surface area contributed by atoms with Gasteiger partial charge in [0, 0.05) is 0 Å². The molecule has 1 aliphatic heterocycles. The fourth-order valence-electron chi connectivity index (χ4n) is 0.218. The van der Waals surface area contributed by atoms with Crippen molar-refractivity contribution in [2.45, 2.75) is 0 Å². The highest BCUT2D eigenvalue weighted by atomic mass is 32.2. The van der Waals surface area contributed by atoms with Crippen molar-refractivity contribution in [1.82, 2.24) is 5.53 Å². The highest BCUT2D eigenvalue weighted by Gasteiger charge is 1.98. The molecule has 4 nitrogen and oxygen atoms in total. The maximum Gasteiger partial charge on any atom is 0.233 e. The van der Waals surface area contributed by atoms with Crippen molar-refractivity contribution >= 4 is 16.9 Å². The smallest absolute Gasteiger partial charge is 0.0995 e. The van der Waals surface area contributed by atoms with E-state index < -0.39 is 0 Å². The van der Waals surface area contributed by atoms with E-state index in [1.807, 2.05) is 6.26 Å². The predicted octanol–water partition coefficient (Wildman–Crippen LogP) is 0.606. The summed E-state index contributed by atoms with van der Waals surface area (Å²) in [4.78, 5) is 0. The van der Waals surface area contributed by atoms with Crippen molar-refractivity contribution in [3.05, 3.63) is 0 Å². The molecule has 0 aromatic rings. The van der Waals surface area contributed by atoms with Gasteiger partial charge in [-0.2, -0.15) is 0 Å². The van der Waals surface area contributed by atoms with Gasteiger partial charge in [-0.05, 0) is 17.0 Å². The Bertz CT molecular complexity index is 117. The third-order valence-electron chi connectivity index (χ3n) is 0.483. The molecule has 0 aromatic heterocycles. The molecule has 5 heteroatoms. The van der Waals surface area contributed by atoms with E-state index in [0.717, 1.165) is 0 Å². The lowest BCUT2D eigenvalue weighted by Crippen LogP contribution is -1.78. The normalized spacial score (nSPS) is 16.4. The second-order valence-electron chi connectivity index (χ2n) is 0.866. The predicted molar refractivity (Wildman–Crippen MR) is 27.9 cm³/mol. The summed E-state index contributed by atoms with van der Waals surface area (Å²) in [6.07, 6.45) is 1.87. The zero-order chi connectivity index (χ0) is 5.11. The van der Waals surface area contributed by atoms with Crippen LogP contribution in [0.1, 0.15) is 0 Å². The van der Waals surface area contributed by atoms with Gasteiger partial charge in [-0.3, -0.25) is 0 Å². The van der Waals surface area contributed by atoms with Crippen LogP contribution in [0.25, 0.3) is 0 Å². The molecule has 0 aromatic carbocycles. The molecular weight excluding hydrogens is 112 g/mol. The topological polar surface area (TPSA) is 51.2 Å². The lowest BCUT2D eigenvalue weighted by atomic mass is 11.4. The van der Waals surface area contributed by atoms with Gasteiger partial charge in [0.15, 0.2) is 0 Å². The Morgan fingerprint density at radius 2 is 2.43 bits per heavy atom. The lowest BCUT2D eigenvalue weighted by Gasteiger charge is -1.75. The molecule has 1 heterocycles. The Labute approximate surface area is 45.1 Å². The number of hydrogen-bond acceptors (Lipinski definition) is 4. The first-order chi connectivity index (χ1) is 3.43. The summed E-state index contributed by atoms with van der Waals surface area (Å²) in [5.41, 5.74) is 3.26. The molecule has 0 bridgehead atoms. The minimum Gasteiger partial charge on any atom is -0.0995 e. The number of hydrogen-bond donors (Lipinski definition) is 0. The van der Waals surface area contributed by atoms with Crippen LogP contribution in [0.5, 0.6) is 0 Å². The summed E-state index contributed by atoms with van der Waals surface area (Å²) in [7, 11) is 0. The van der Waals surface area contributed by atoms with E-state index in [1.54, 1.807) is 0 Å². The molecule has 0 saturated carbocycles. The van der Waals surface area contributed by atoms with Crippen molar-refractivity contribution in [2.75, 3.05) is 6.26 Å². The molecule has 0 fully saturated rings. The van der Waals surface area contributed by atoms with E-state index >= 15 is 0 Å². The van der Waals surface area contributed by atoms with E-state index in [2.05, 4.69) is 21.0 Å². The fraction of sp³-hybridized carbons (Fsp3) is 0.500. The highest BCUT2D eigenvalue weighted by Crippen LogP contribution is 2.02. The van der Waals surface area contributed by atoms with Crippen LogP contribution >= 0.6 is 11.8 Å². The van der Waals surface area contributed by atoms with Crippen LogP contribution in [0, 0.1) is 0 Å². The molecule has 0 atom stereocenters. The Morgan fingerprint density at radius 3 is 2.71 bits per heavy atom. The molecule has 0 spiro atoms. The average Bonchev–Trinajstić information content (AvgIpc) is 2.14. The molecule has 0 saturated heterocycles. The van der Waals surface area contributed by atoms with E-state index in [-0.39, 0.29) is 0 Å². The monoisotopic (exact) mass is 115 g/mol. The van der Waals surface area contributed by atoms with Gasteiger partial charge < -0.3 is 0 Å². The van der Waals surface area contributed by atoms with Crippen molar-refractivity contribution in [3.8, 4) is 0 Å². The van der Waals surface area contributed by atoms with Gasteiger partial charge in [0.25, 0.3) is 0 Å². The summed E-state index contributed by atoms with van der Waals surface area (Å²) >= 11 is 1.43. The van der Waals surface area contributed by atoms with Gasteiger partial charge in [0.05, 0.1) is 0 Å². The quantitative estimate of drug-likeness (QED) is 0.456. The molecule has 0 unspecified atom stereocenters. The van der Waals surface area contributed by atoms with Crippen LogP contribution in [0.4, 0.5) is 0 Å². The molecule has 1 radical (unpaired) electrons. The summed E-state index contributed by atoms with van der Waals surface area (Å²) in [6, 6.07) is 0. The molecule has 0 N–H and O–H groups in total. The molecule has 37 valence electrons. The minimum atomic E-state index is 0.625. The standard InChI is InChI=1S/C2H3N4S/c1-7-2-3-5-6-4-2/h1H3. The number of amidine groups is 1. The summed E-state index contributed by atoms with van der Waals surface area (Å²) in [6.45, 7) is 0. The zero-order valence-corrected chi connectivity index (χ0v) is 4.51. The summed E-state index contributed by atoms with van der Waals surface area (Å²) < 4.78 is 0. The van der Waals surface area contributed by atoms with Crippen LogP contribution in [0.2, 0.25) is 0 Å². The van der Waals surface area contributed by atoms with Gasteiger partial charge >= 0.3 is 0 Å². The van der Waals surface area contributed by atoms with Gasteiger partial charge in [-0.25, -0.2) is 0 Å².